The van der Waals surface area contributed by atoms with E-state index in [4.69, 9.17) is 9.47 Å². The van der Waals surface area contributed by atoms with Crippen LogP contribution in [0.3, 0.4) is 0 Å². The molecule has 0 aliphatic heterocycles. The molecular formula is C16H14INO5. The van der Waals surface area contributed by atoms with Gasteiger partial charge in [0.25, 0.3) is 5.91 Å². The van der Waals surface area contributed by atoms with Crippen molar-refractivity contribution in [2.75, 3.05) is 19.5 Å². The normalized spacial score (nSPS) is 10.0. The van der Waals surface area contributed by atoms with E-state index in [2.05, 4.69) is 27.9 Å². The van der Waals surface area contributed by atoms with Crippen LogP contribution >= 0.6 is 22.6 Å². The number of halogens is 1. The lowest BCUT2D eigenvalue weighted by Gasteiger charge is -2.13. The van der Waals surface area contributed by atoms with Crippen molar-refractivity contribution in [3.05, 3.63) is 51.1 Å². The SMILES string of the molecule is COc1cc(NC(=O)c2ccc(I)cc2)c(C(=O)O)cc1OC. The van der Waals surface area contributed by atoms with Crippen LogP contribution < -0.4 is 14.8 Å². The van der Waals surface area contributed by atoms with Crippen molar-refractivity contribution in [2.45, 2.75) is 0 Å². The molecule has 0 saturated heterocycles. The third-order valence-corrected chi connectivity index (χ3v) is 3.83. The molecule has 2 aromatic carbocycles. The molecule has 2 aromatic rings. The van der Waals surface area contributed by atoms with Gasteiger partial charge in [-0.1, -0.05) is 0 Å². The van der Waals surface area contributed by atoms with Crippen molar-refractivity contribution in [1.82, 2.24) is 0 Å². The summed E-state index contributed by atoms with van der Waals surface area (Å²) in [5.41, 5.74) is 0.483. The van der Waals surface area contributed by atoms with Gasteiger partial charge in [0.2, 0.25) is 0 Å². The van der Waals surface area contributed by atoms with E-state index in [9.17, 15) is 14.7 Å². The van der Waals surface area contributed by atoms with Gasteiger partial charge in [0.1, 0.15) is 0 Å². The summed E-state index contributed by atoms with van der Waals surface area (Å²) in [5.74, 6) is -0.979. The fourth-order valence-corrected chi connectivity index (χ4v) is 2.31. The molecule has 0 heterocycles. The first-order chi connectivity index (χ1) is 11.0. The van der Waals surface area contributed by atoms with Crippen molar-refractivity contribution in [3.63, 3.8) is 0 Å². The highest BCUT2D eigenvalue weighted by Crippen LogP contribution is 2.33. The van der Waals surface area contributed by atoms with Gasteiger partial charge >= 0.3 is 5.97 Å². The minimum absolute atomic E-state index is 0.0819. The first-order valence-corrected chi connectivity index (χ1v) is 7.60. The zero-order chi connectivity index (χ0) is 17.0. The van der Waals surface area contributed by atoms with Crippen LogP contribution in [0.4, 0.5) is 5.69 Å². The van der Waals surface area contributed by atoms with Gasteiger partial charge in [-0.15, -0.1) is 0 Å². The number of carboxylic acids is 1. The highest BCUT2D eigenvalue weighted by Gasteiger charge is 2.18. The van der Waals surface area contributed by atoms with Crippen molar-refractivity contribution in [1.29, 1.82) is 0 Å². The Kier molecular flexibility index (Phi) is 5.43. The number of aromatic carboxylic acids is 1. The minimum atomic E-state index is -1.18. The Morgan fingerprint density at radius 3 is 2.13 bits per heavy atom. The Bertz CT molecular complexity index is 743. The van der Waals surface area contributed by atoms with Gasteiger partial charge in [0, 0.05) is 21.3 Å². The van der Waals surface area contributed by atoms with E-state index >= 15 is 0 Å². The topological polar surface area (TPSA) is 84.9 Å². The monoisotopic (exact) mass is 427 g/mol. The number of carbonyl (C=O) groups is 2. The lowest BCUT2D eigenvalue weighted by Crippen LogP contribution is -2.15. The predicted molar refractivity (Wildman–Crippen MR) is 93.6 cm³/mol. The molecule has 7 heteroatoms. The molecule has 0 radical (unpaired) electrons. The molecule has 0 saturated carbocycles. The minimum Gasteiger partial charge on any atom is -0.493 e. The Morgan fingerprint density at radius 2 is 1.61 bits per heavy atom. The van der Waals surface area contributed by atoms with E-state index in [0.717, 1.165) is 3.57 Å². The van der Waals surface area contributed by atoms with Crippen LogP contribution in [-0.4, -0.2) is 31.2 Å². The molecule has 23 heavy (non-hydrogen) atoms. The molecule has 0 fully saturated rings. The molecule has 0 aliphatic carbocycles. The Hall–Kier alpha value is -2.29. The lowest BCUT2D eigenvalue weighted by molar-refractivity contribution is 0.0697. The molecule has 0 bridgehead atoms. The molecule has 0 atom stereocenters. The Labute approximate surface area is 146 Å². The van der Waals surface area contributed by atoms with Crippen LogP contribution in [0.15, 0.2) is 36.4 Å². The molecule has 2 N–H and O–H groups in total. The average molecular weight is 427 g/mol. The van der Waals surface area contributed by atoms with Gasteiger partial charge < -0.3 is 19.9 Å². The number of nitrogens with one attached hydrogen (secondary N) is 1. The van der Waals surface area contributed by atoms with E-state index in [1.165, 1.54) is 26.4 Å². The average Bonchev–Trinajstić information content (AvgIpc) is 2.54. The van der Waals surface area contributed by atoms with Gasteiger partial charge in [-0.25, -0.2) is 4.79 Å². The van der Waals surface area contributed by atoms with Gasteiger partial charge in [-0.2, -0.15) is 0 Å². The number of amides is 1. The fourth-order valence-electron chi connectivity index (χ4n) is 1.96. The third-order valence-electron chi connectivity index (χ3n) is 3.11. The smallest absolute Gasteiger partial charge is 0.337 e. The quantitative estimate of drug-likeness (QED) is 0.716. The lowest BCUT2D eigenvalue weighted by atomic mass is 10.1. The third kappa shape index (κ3) is 3.92. The number of rotatable bonds is 5. The fraction of sp³-hybridized carbons (Fsp3) is 0.125. The highest BCUT2D eigenvalue weighted by molar-refractivity contribution is 14.1. The summed E-state index contributed by atoms with van der Waals surface area (Å²) in [6.07, 6.45) is 0. The molecule has 120 valence electrons. The second-order valence-electron chi connectivity index (χ2n) is 4.52. The summed E-state index contributed by atoms with van der Waals surface area (Å²) in [5, 5.41) is 11.9. The number of benzene rings is 2. The van der Waals surface area contributed by atoms with Crippen LogP contribution in [0.1, 0.15) is 20.7 Å². The van der Waals surface area contributed by atoms with Crippen molar-refractivity contribution in [3.8, 4) is 11.5 Å². The summed E-state index contributed by atoms with van der Waals surface area (Å²) in [6, 6.07) is 9.65. The maximum absolute atomic E-state index is 12.3. The Balaban J connectivity index is 2.39. The van der Waals surface area contributed by atoms with E-state index < -0.39 is 11.9 Å². The van der Waals surface area contributed by atoms with Crippen LogP contribution in [0.25, 0.3) is 0 Å². The number of carbonyl (C=O) groups excluding carboxylic acids is 1. The number of hydrogen-bond donors (Lipinski definition) is 2. The second-order valence-corrected chi connectivity index (χ2v) is 5.76. The molecule has 0 spiro atoms. The number of carboxylic acid groups (broad SMARTS) is 1. The van der Waals surface area contributed by atoms with E-state index in [0.29, 0.717) is 11.3 Å². The van der Waals surface area contributed by atoms with Crippen LogP contribution in [0.2, 0.25) is 0 Å². The van der Waals surface area contributed by atoms with Gasteiger partial charge in [-0.3, -0.25) is 4.79 Å². The molecule has 0 aromatic heterocycles. The second kappa shape index (κ2) is 7.32. The predicted octanol–water partition coefficient (Wildman–Crippen LogP) is 3.26. The van der Waals surface area contributed by atoms with Gasteiger partial charge in [0.05, 0.1) is 25.5 Å². The maximum atomic E-state index is 12.3. The zero-order valence-corrected chi connectivity index (χ0v) is 14.6. The molecule has 0 unspecified atom stereocenters. The number of hydrogen-bond acceptors (Lipinski definition) is 4. The van der Waals surface area contributed by atoms with E-state index in [1.54, 1.807) is 24.3 Å². The van der Waals surface area contributed by atoms with Crippen LogP contribution in [-0.2, 0) is 0 Å². The molecule has 2 rings (SSSR count). The standard InChI is InChI=1S/C16H14INO5/c1-22-13-7-11(16(20)21)12(8-14(13)23-2)18-15(19)9-3-5-10(17)6-4-9/h3-8H,1-2H3,(H,18,19)(H,20,21). The summed E-state index contributed by atoms with van der Waals surface area (Å²) >= 11 is 2.13. The first-order valence-electron chi connectivity index (χ1n) is 6.52. The van der Waals surface area contributed by atoms with E-state index in [1.807, 2.05) is 0 Å². The van der Waals surface area contributed by atoms with Gasteiger partial charge in [0.15, 0.2) is 11.5 Å². The van der Waals surface area contributed by atoms with Crippen molar-refractivity contribution < 1.29 is 24.2 Å². The maximum Gasteiger partial charge on any atom is 0.337 e. The first kappa shape index (κ1) is 17.1. The summed E-state index contributed by atoms with van der Waals surface area (Å²) in [7, 11) is 2.84. The summed E-state index contributed by atoms with van der Waals surface area (Å²) < 4.78 is 11.2. The highest BCUT2D eigenvalue weighted by atomic mass is 127. The Morgan fingerprint density at radius 1 is 1.04 bits per heavy atom. The van der Waals surface area contributed by atoms with Crippen molar-refractivity contribution in [2.24, 2.45) is 0 Å². The summed E-state index contributed by atoms with van der Waals surface area (Å²) in [4.78, 5) is 23.7. The van der Waals surface area contributed by atoms with Gasteiger partial charge in [-0.05, 0) is 46.9 Å². The molecular weight excluding hydrogens is 413 g/mol. The molecule has 1 amide bonds. The number of ether oxygens (including phenoxy) is 2. The zero-order valence-electron chi connectivity index (χ0n) is 12.4. The molecule has 6 nitrogen and oxygen atoms in total. The number of methoxy groups -OCH3 is 2. The van der Waals surface area contributed by atoms with Crippen molar-refractivity contribution >= 4 is 40.2 Å². The largest absolute Gasteiger partial charge is 0.493 e. The van der Waals surface area contributed by atoms with E-state index in [-0.39, 0.29) is 17.0 Å². The van der Waals surface area contributed by atoms with Crippen LogP contribution in [0.5, 0.6) is 11.5 Å². The van der Waals surface area contributed by atoms with Crippen LogP contribution in [0, 0.1) is 3.57 Å². The molecule has 0 aliphatic rings. The summed E-state index contributed by atoms with van der Waals surface area (Å²) in [6.45, 7) is 0. The number of anilines is 1.